The lowest BCUT2D eigenvalue weighted by Crippen LogP contribution is -2.32. The quantitative estimate of drug-likeness (QED) is 0.710. The SMILES string of the molecule is CC(OC(=O)CC1CCOCC1)C(F)(F)F. The summed E-state index contributed by atoms with van der Waals surface area (Å²) in [6.07, 6.45) is -5.06. The molecule has 0 aromatic rings. The topological polar surface area (TPSA) is 35.5 Å². The van der Waals surface area contributed by atoms with Gasteiger partial charge in [0.25, 0.3) is 0 Å². The second kappa shape index (κ2) is 5.52. The zero-order valence-corrected chi connectivity index (χ0v) is 9.05. The fraction of sp³-hybridized carbons (Fsp3) is 0.900. The Bertz CT molecular complexity index is 234. The first-order valence-corrected chi connectivity index (χ1v) is 5.23. The van der Waals surface area contributed by atoms with Crippen molar-refractivity contribution in [3.8, 4) is 0 Å². The van der Waals surface area contributed by atoms with Crippen LogP contribution < -0.4 is 0 Å². The van der Waals surface area contributed by atoms with Gasteiger partial charge in [0.05, 0.1) is 0 Å². The predicted octanol–water partition coefficient (Wildman–Crippen LogP) is 2.30. The van der Waals surface area contributed by atoms with Crippen molar-refractivity contribution in [1.82, 2.24) is 0 Å². The zero-order chi connectivity index (χ0) is 12.2. The number of carbonyl (C=O) groups excluding carboxylic acids is 1. The Labute approximate surface area is 91.9 Å². The van der Waals surface area contributed by atoms with Crippen molar-refractivity contribution >= 4 is 5.97 Å². The summed E-state index contributed by atoms with van der Waals surface area (Å²) in [6.45, 7) is 1.96. The van der Waals surface area contributed by atoms with Gasteiger partial charge in [0.2, 0.25) is 0 Å². The molecule has 1 heterocycles. The molecule has 0 radical (unpaired) electrons. The lowest BCUT2D eigenvalue weighted by molar-refractivity contribution is -0.216. The normalized spacial score (nSPS) is 20.5. The molecule has 1 aliphatic rings. The molecule has 0 saturated carbocycles. The maximum Gasteiger partial charge on any atom is 0.425 e. The lowest BCUT2D eigenvalue weighted by atomic mass is 9.97. The van der Waals surface area contributed by atoms with Gasteiger partial charge in [-0.1, -0.05) is 0 Å². The third kappa shape index (κ3) is 4.38. The van der Waals surface area contributed by atoms with Gasteiger partial charge >= 0.3 is 12.1 Å². The smallest absolute Gasteiger partial charge is 0.425 e. The number of halogens is 3. The van der Waals surface area contributed by atoms with Crippen LogP contribution in [0, 0.1) is 5.92 Å². The number of hydrogen-bond acceptors (Lipinski definition) is 3. The standard InChI is InChI=1S/C10H15F3O3/c1-7(10(11,12)13)16-9(14)6-8-2-4-15-5-3-8/h7-8H,2-6H2,1H3. The zero-order valence-electron chi connectivity index (χ0n) is 9.05. The number of carbonyl (C=O) groups is 1. The van der Waals surface area contributed by atoms with E-state index in [2.05, 4.69) is 4.74 Å². The van der Waals surface area contributed by atoms with Gasteiger partial charge in [-0.3, -0.25) is 4.79 Å². The molecule has 6 heteroatoms. The molecule has 1 fully saturated rings. The van der Waals surface area contributed by atoms with E-state index in [4.69, 9.17) is 4.74 Å². The lowest BCUT2D eigenvalue weighted by Gasteiger charge is -2.22. The van der Waals surface area contributed by atoms with Crippen molar-refractivity contribution in [1.29, 1.82) is 0 Å². The summed E-state index contributed by atoms with van der Waals surface area (Å²) in [5.74, 6) is -0.696. The van der Waals surface area contributed by atoms with Gasteiger partial charge in [-0.25, -0.2) is 0 Å². The molecule has 0 aromatic carbocycles. The molecule has 94 valence electrons. The molecule has 1 unspecified atom stereocenters. The van der Waals surface area contributed by atoms with Crippen molar-refractivity contribution in [3.63, 3.8) is 0 Å². The molecule has 3 nitrogen and oxygen atoms in total. The molecule has 1 atom stereocenters. The number of esters is 1. The van der Waals surface area contributed by atoms with Gasteiger partial charge in [0.1, 0.15) is 0 Å². The highest BCUT2D eigenvalue weighted by atomic mass is 19.4. The van der Waals surface area contributed by atoms with E-state index >= 15 is 0 Å². The van der Waals surface area contributed by atoms with Crippen LogP contribution in [0.2, 0.25) is 0 Å². The van der Waals surface area contributed by atoms with E-state index in [1.165, 1.54) is 0 Å². The summed E-state index contributed by atoms with van der Waals surface area (Å²) in [4.78, 5) is 11.2. The molecule has 0 bridgehead atoms. The minimum absolute atomic E-state index is 0.0454. The second-order valence-electron chi connectivity index (χ2n) is 3.93. The molecular formula is C10H15F3O3. The van der Waals surface area contributed by atoms with Crippen molar-refractivity contribution in [2.45, 2.75) is 38.5 Å². The Morgan fingerprint density at radius 2 is 2.00 bits per heavy atom. The minimum Gasteiger partial charge on any atom is -0.453 e. The Balaban J connectivity index is 2.29. The summed E-state index contributed by atoms with van der Waals surface area (Å²) in [6, 6.07) is 0. The van der Waals surface area contributed by atoms with Gasteiger partial charge < -0.3 is 9.47 Å². The molecule has 1 saturated heterocycles. The van der Waals surface area contributed by atoms with Crippen LogP contribution in [-0.2, 0) is 14.3 Å². The minimum atomic E-state index is -4.48. The van der Waals surface area contributed by atoms with E-state index in [1.54, 1.807) is 0 Å². The first kappa shape index (κ1) is 13.3. The third-order valence-electron chi connectivity index (χ3n) is 2.57. The van der Waals surface area contributed by atoms with E-state index in [0.29, 0.717) is 26.1 Å². The molecule has 16 heavy (non-hydrogen) atoms. The first-order valence-electron chi connectivity index (χ1n) is 5.23. The maximum atomic E-state index is 12.1. The fourth-order valence-corrected chi connectivity index (χ4v) is 1.50. The second-order valence-corrected chi connectivity index (χ2v) is 3.93. The first-order chi connectivity index (χ1) is 7.39. The number of hydrogen-bond donors (Lipinski definition) is 0. The van der Waals surface area contributed by atoms with Crippen LogP contribution in [0.15, 0.2) is 0 Å². The van der Waals surface area contributed by atoms with Crippen LogP contribution >= 0.6 is 0 Å². The Hall–Kier alpha value is -0.780. The molecule has 0 aliphatic carbocycles. The molecule has 1 rings (SSSR count). The molecule has 1 aliphatic heterocycles. The summed E-state index contributed by atoms with van der Waals surface area (Å²) in [7, 11) is 0. The van der Waals surface area contributed by atoms with Crippen LogP contribution in [0.1, 0.15) is 26.2 Å². The van der Waals surface area contributed by atoms with Crippen LogP contribution in [0.4, 0.5) is 13.2 Å². The monoisotopic (exact) mass is 240 g/mol. The van der Waals surface area contributed by atoms with E-state index in [9.17, 15) is 18.0 Å². The molecule has 0 spiro atoms. The molecule has 0 amide bonds. The van der Waals surface area contributed by atoms with Gasteiger partial charge in [-0.05, 0) is 25.7 Å². The number of ether oxygens (including phenoxy) is 2. The van der Waals surface area contributed by atoms with Crippen LogP contribution in [0.5, 0.6) is 0 Å². The highest BCUT2D eigenvalue weighted by molar-refractivity contribution is 5.69. The van der Waals surface area contributed by atoms with Crippen LogP contribution in [0.25, 0.3) is 0 Å². The highest BCUT2D eigenvalue weighted by Crippen LogP contribution is 2.24. The third-order valence-corrected chi connectivity index (χ3v) is 2.57. The summed E-state index contributed by atoms with van der Waals surface area (Å²) in [5.41, 5.74) is 0. The largest absolute Gasteiger partial charge is 0.453 e. The van der Waals surface area contributed by atoms with Crippen LogP contribution in [-0.4, -0.2) is 31.5 Å². The fourth-order valence-electron chi connectivity index (χ4n) is 1.50. The Kier molecular flexibility index (Phi) is 4.58. The van der Waals surface area contributed by atoms with E-state index in [1.807, 2.05) is 0 Å². The number of alkyl halides is 3. The van der Waals surface area contributed by atoms with Gasteiger partial charge in [-0.2, -0.15) is 13.2 Å². The molecule has 0 aromatic heterocycles. The van der Waals surface area contributed by atoms with Crippen molar-refractivity contribution in [2.75, 3.05) is 13.2 Å². The summed E-state index contributed by atoms with van der Waals surface area (Å²) >= 11 is 0. The highest BCUT2D eigenvalue weighted by Gasteiger charge is 2.39. The predicted molar refractivity (Wildman–Crippen MR) is 49.8 cm³/mol. The van der Waals surface area contributed by atoms with Crippen molar-refractivity contribution < 1.29 is 27.4 Å². The Morgan fingerprint density at radius 3 is 2.50 bits per heavy atom. The number of rotatable bonds is 3. The summed E-state index contributed by atoms with van der Waals surface area (Å²) < 4.78 is 45.7. The van der Waals surface area contributed by atoms with E-state index < -0.39 is 18.2 Å². The molecular weight excluding hydrogens is 225 g/mol. The average molecular weight is 240 g/mol. The van der Waals surface area contributed by atoms with E-state index in [0.717, 1.165) is 6.92 Å². The van der Waals surface area contributed by atoms with Crippen molar-refractivity contribution in [3.05, 3.63) is 0 Å². The van der Waals surface area contributed by atoms with Crippen molar-refractivity contribution in [2.24, 2.45) is 5.92 Å². The van der Waals surface area contributed by atoms with Gasteiger partial charge in [0.15, 0.2) is 6.10 Å². The average Bonchev–Trinajstić information content (AvgIpc) is 2.17. The maximum absolute atomic E-state index is 12.1. The molecule has 0 N–H and O–H groups in total. The van der Waals surface area contributed by atoms with Gasteiger partial charge in [-0.15, -0.1) is 0 Å². The summed E-state index contributed by atoms with van der Waals surface area (Å²) in [5, 5.41) is 0. The van der Waals surface area contributed by atoms with E-state index in [-0.39, 0.29) is 12.3 Å². The Morgan fingerprint density at radius 1 is 1.44 bits per heavy atom. The van der Waals surface area contributed by atoms with Gasteiger partial charge in [0, 0.05) is 19.6 Å². The van der Waals surface area contributed by atoms with Crippen LogP contribution in [0.3, 0.4) is 0 Å².